The lowest BCUT2D eigenvalue weighted by atomic mass is 10.4. The Labute approximate surface area is 117 Å². The van der Waals surface area contributed by atoms with E-state index in [2.05, 4.69) is 74.5 Å². The summed E-state index contributed by atoms with van der Waals surface area (Å²) in [7, 11) is -0.443. The minimum Gasteiger partial charge on any atom is -0.373 e. The predicted octanol–water partition coefficient (Wildman–Crippen LogP) is 3.89. The highest BCUT2D eigenvalue weighted by molar-refractivity contribution is 7.73. The lowest BCUT2D eigenvalue weighted by molar-refractivity contribution is 0.119. The molecule has 1 nitrogen and oxygen atoms in total. The normalized spacial score (nSPS) is 12.6. The SMILES string of the molecule is CCOC(CC)P(c1ccccc1)c1ccccc1. The average Bonchev–Trinajstić information content (AvgIpc) is 2.49. The molecule has 0 amide bonds. The van der Waals surface area contributed by atoms with Crippen molar-refractivity contribution in [1.82, 2.24) is 0 Å². The van der Waals surface area contributed by atoms with Gasteiger partial charge in [0.25, 0.3) is 0 Å². The summed E-state index contributed by atoms with van der Waals surface area (Å²) in [6.45, 7) is 5.06. The van der Waals surface area contributed by atoms with Crippen LogP contribution in [0.15, 0.2) is 60.7 Å². The number of rotatable bonds is 6. The van der Waals surface area contributed by atoms with Crippen molar-refractivity contribution >= 4 is 18.5 Å². The van der Waals surface area contributed by atoms with Crippen LogP contribution in [0.3, 0.4) is 0 Å². The zero-order chi connectivity index (χ0) is 13.5. The Balaban J connectivity index is 2.38. The maximum absolute atomic E-state index is 5.99. The fourth-order valence-electron chi connectivity index (χ4n) is 2.23. The molecule has 0 bridgehead atoms. The molecule has 0 N–H and O–H groups in total. The van der Waals surface area contributed by atoms with Gasteiger partial charge >= 0.3 is 0 Å². The van der Waals surface area contributed by atoms with E-state index in [-0.39, 0.29) is 0 Å². The quantitative estimate of drug-likeness (QED) is 0.725. The van der Waals surface area contributed by atoms with Crippen molar-refractivity contribution in [3.63, 3.8) is 0 Å². The van der Waals surface area contributed by atoms with Crippen molar-refractivity contribution < 1.29 is 4.74 Å². The lowest BCUT2D eigenvalue weighted by Gasteiger charge is -2.27. The monoisotopic (exact) mass is 272 g/mol. The zero-order valence-electron chi connectivity index (χ0n) is 11.6. The van der Waals surface area contributed by atoms with Gasteiger partial charge in [0, 0.05) is 6.61 Å². The largest absolute Gasteiger partial charge is 0.373 e. The van der Waals surface area contributed by atoms with Crippen molar-refractivity contribution in [2.24, 2.45) is 0 Å². The van der Waals surface area contributed by atoms with Gasteiger partial charge in [-0.1, -0.05) is 67.6 Å². The third kappa shape index (κ3) is 3.65. The van der Waals surface area contributed by atoms with Gasteiger partial charge in [0.2, 0.25) is 0 Å². The Morgan fingerprint density at radius 1 is 0.842 bits per heavy atom. The third-order valence-electron chi connectivity index (χ3n) is 3.07. The molecule has 0 saturated carbocycles. The molecule has 0 aliphatic heterocycles. The minimum absolute atomic E-state index is 0.296. The third-order valence-corrected chi connectivity index (χ3v) is 5.86. The van der Waals surface area contributed by atoms with Crippen molar-refractivity contribution in [1.29, 1.82) is 0 Å². The van der Waals surface area contributed by atoms with Gasteiger partial charge in [-0.25, -0.2) is 0 Å². The number of hydrogen-bond acceptors (Lipinski definition) is 1. The first-order valence-electron chi connectivity index (χ1n) is 6.87. The molecule has 0 spiro atoms. The van der Waals surface area contributed by atoms with Crippen molar-refractivity contribution in [3.8, 4) is 0 Å². The summed E-state index contributed by atoms with van der Waals surface area (Å²) >= 11 is 0. The molecule has 2 rings (SSSR count). The topological polar surface area (TPSA) is 9.23 Å². The van der Waals surface area contributed by atoms with Crippen LogP contribution in [0.2, 0.25) is 0 Å². The van der Waals surface area contributed by atoms with Gasteiger partial charge in [-0.3, -0.25) is 0 Å². The molecule has 0 fully saturated rings. The van der Waals surface area contributed by atoms with E-state index in [1.807, 2.05) is 0 Å². The van der Waals surface area contributed by atoms with Crippen LogP contribution in [0, 0.1) is 0 Å². The number of hydrogen-bond donors (Lipinski definition) is 0. The number of benzene rings is 2. The summed E-state index contributed by atoms with van der Waals surface area (Å²) < 4.78 is 5.99. The second-order valence-corrected chi connectivity index (χ2v) is 6.71. The average molecular weight is 272 g/mol. The van der Waals surface area contributed by atoms with Gasteiger partial charge in [0.1, 0.15) is 0 Å². The molecule has 1 unspecified atom stereocenters. The molecule has 19 heavy (non-hydrogen) atoms. The maximum atomic E-state index is 5.99. The molecule has 0 aliphatic carbocycles. The molecule has 0 aromatic heterocycles. The lowest BCUT2D eigenvalue weighted by Crippen LogP contribution is -2.23. The van der Waals surface area contributed by atoms with Gasteiger partial charge in [0.15, 0.2) is 0 Å². The summed E-state index contributed by atoms with van der Waals surface area (Å²) in [6, 6.07) is 21.5. The molecule has 0 radical (unpaired) electrons. The smallest absolute Gasteiger partial charge is 0.0845 e. The van der Waals surface area contributed by atoms with Crippen molar-refractivity contribution in [2.45, 2.75) is 26.1 Å². The van der Waals surface area contributed by atoms with Gasteiger partial charge in [-0.2, -0.15) is 0 Å². The highest BCUT2D eigenvalue weighted by atomic mass is 31.1. The Morgan fingerprint density at radius 2 is 1.32 bits per heavy atom. The van der Waals surface area contributed by atoms with Crippen molar-refractivity contribution in [3.05, 3.63) is 60.7 Å². The molecule has 0 saturated heterocycles. The Kier molecular flexibility index (Phi) is 5.57. The first-order valence-corrected chi connectivity index (χ1v) is 8.28. The first kappa shape index (κ1) is 14.2. The van der Waals surface area contributed by atoms with Gasteiger partial charge in [0.05, 0.1) is 5.85 Å². The summed E-state index contributed by atoms with van der Waals surface area (Å²) in [4.78, 5) is 0. The molecule has 2 aromatic carbocycles. The molecule has 2 aromatic rings. The first-order chi connectivity index (χ1) is 9.36. The summed E-state index contributed by atoms with van der Waals surface area (Å²) in [6.07, 6.45) is 1.04. The van der Waals surface area contributed by atoms with E-state index in [0.29, 0.717) is 5.85 Å². The molecular weight excluding hydrogens is 251 g/mol. The van der Waals surface area contributed by atoms with E-state index in [1.165, 1.54) is 10.6 Å². The summed E-state index contributed by atoms with van der Waals surface area (Å²) in [5.41, 5.74) is 0. The number of ether oxygens (including phenoxy) is 1. The molecule has 100 valence electrons. The van der Waals surface area contributed by atoms with E-state index in [4.69, 9.17) is 4.74 Å². The van der Waals surface area contributed by atoms with Crippen LogP contribution in [-0.2, 0) is 4.74 Å². The van der Waals surface area contributed by atoms with Gasteiger partial charge < -0.3 is 4.74 Å². The maximum Gasteiger partial charge on any atom is 0.0845 e. The van der Waals surface area contributed by atoms with Crippen LogP contribution in [-0.4, -0.2) is 12.5 Å². The van der Waals surface area contributed by atoms with E-state index < -0.39 is 7.92 Å². The van der Waals surface area contributed by atoms with E-state index in [1.54, 1.807) is 0 Å². The second-order valence-electron chi connectivity index (χ2n) is 4.36. The van der Waals surface area contributed by atoms with E-state index >= 15 is 0 Å². The fourth-order valence-corrected chi connectivity index (χ4v) is 4.84. The molecule has 0 heterocycles. The van der Waals surface area contributed by atoms with Crippen LogP contribution in [0.4, 0.5) is 0 Å². The highest BCUT2D eigenvalue weighted by Crippen LogP contribution is 2.41. The molecule has 2 heteroatoms. The van der Waals surface area contributed by atoms with Crippen LogP contribution >= 0.6 is 7.92 Å². The Morgan fingerprint density at radius 3 is 1.68 bits per heavy atom. The standard InChI is InChI=1S/C17H21OP/c1-3-17(18-4-2)19(15-11-7-5-8-12-15)16-13-9-6-10-14-16/h5-14,17H,3-4H2,1-2H3. The summed E-state index contributed by atoms with van der Waals surface area (Å²) in [5, 5.41) is 2.79. The Bertz CT molecular complexity index is 430. The van der Waals surface area contributed by atoms with Gasteiger partial charge in [-0.15, -0.1) is 0 Å². The molecular formula is C17H21OP. The Hall–Kier alpha value is -1.17. The molecule has 0 aliphatic rings. The van der Waals surface area contributed by atoms with Crippen LogP contribution in [0.25, 0.3) is 0 Å². The highest BCUT2D eigenvalue weighted by Gasteiger charge is 2.23. The van der Waals surface area contributed by atoms with Crippen LogP contribution in [0.1, 0.15) is 20.3 Å². The zero-order valence-corrected chi connectivity index (χ0v) is 12.5. The van der Waals surface area contributed by atoms with E-state index in [0.717, 1.165) is 13.0 Å². The van der Waals surface area contributed by atoms with Gasteiger partial charge in [-0.05, 0) is 31.9 Å². The second kappa shape index (κ2) is 7.43. The molecule has 1 atom stereocenters. The van der Waals surface area contributed by atoms with E-state index in [9.17, 15) is 0 Å². The van der Waals surface area contributed by atoms with Crippen LogP contribution in [0.5, 0.6) is 0 Å². The fraction of sp³-hybridized carbons (Fsp3) is 0.294. The predicted molar refractivity (Wildman–Crippen MR) is 84.8 cm³/mol. The summed E-state index contributed by atoms with van der Waals surface area (Å²) in [5.74, 6) is 0.296. The van der Waals surface area contributed by atoms with Crippen LogP contribution < -0.4 is 10.6 Å². The van der Waals surface area contributed by atoms with Crippen molar-refractivity contribution in [2.75, 3.05) is 6.61 Å². The minimum atomic E-state index is -0.443.